The molecule has 0 bridgehead atoms. The Morgan fingerprint density at radius 3 is 2.71 bits per heavy atom. The summed E-state index contributed by atoms with van der Waals surface area (Å²) in [5.74, 6) is 0.349. The van der Waals surface area contributed by atoms with E-state index in [1.807, 2.05) is 0 Å². The van der Waals surface area contributed by atoms with Gasteiger partial charge in [0.1, 0.15) is 5.78 Å². The van der Waals surface area contributed by atoms with E-state index in [1.165, 1.54) is 11.1 Å². The molecule has 0 atom stereocenters. The van der Waals surface area contributed by atoms with Gasteiger partial charge in [0.05, 0.1) is 0 Å². The van der Waals surface area contributed by atoms with Crippen LogP contribution in [0.15, 0.2) is 18.2 Å². The zero-order chi connectivity index (χ0) is 9.26. The van der Waals surface area contributed by atoms with Gasteiger partial charge in [-0.3, -0.25) is 4.79 Å². The third kappa shape index (κ3) is 2.14. The minimum Gasteiger partial charge on any atom is -0.326 e. The molecule has 0 saturated heterocycles. The lowest BCUT2D eigenvalue weighted by atomic mass is 9.89. The van der Waals surface area contributed by atoms with Gasteiger partial charge in [-0.05, 0) is 23.1 Å². The van der Waals surface area contributed by atoms with Crippen molar-refractivity contribution in [3.05, 3.63) is 34.9 Å². The van der Waals surface area contributed by atoms with Gasteiger partial charge in [0.2, 0.25) is 0 Å². The number of carbonyl (C=O) groups excluding carboxylic acids is 1. The second kappa shape index (κ2) is 4.58. The second-order valence-corrected chi connectivity index (χ2v) is 3.52. The molecule has 0 radical (unpaired) electrons. The molecule has 0 spiro atoms. The molecule has 2 nitrogen and oxygen atoms in total. The summed E-state index contributed by atoms with van der Waals surface area (Å²) in [5.41, 5.74) is 9.15. The minimum absolute atomic E-state index is 0. The molecule has 0 unspecified atom stereocenters. The molecular formula is C11H14ClNO. The molecule has 0 aliphatic heterocycles. The first-order valence-electron chi connectivity index (χ1n) is 4.62. The molecule has 76 valence electrons. The van der Waals surface area contributed by atoms with Crippen molar-refractivity contribution in [2.24, 2.45) is 5.73 Å². The highest BCUT2D eigenvalue weighted by Gasteiger charge is 2.14. The van der Waals surface area contributed by atoms with Gasteiger partial charge in [0.15, 0.2) is 0 Å². The summed E-state index contributed by atoms with van der Waals surface area (Å²) in [4.78, 5) is 11.2. The summed E-state index contributed by atoms with van der Waals surface area (Å²) in [6.45, 7) is 0.557. The van der Waals surface area contributed by atoms with E-state index in [0.717, 1.165) is 12.0 Å². The quantitative estimate of drug-likeness (QED) is 0.767. The maximum Gasteiger partial charge on any atom is 0.137 e. The van der Waals surface area contributed by atoms with E-state index in [-0.39, 0.29) is 12.4 Å². The first-order valence-corrected chi connectivity index (χ1v) is 4.62. The van der Waals surface area contributed by atoms with E-state index >= 15 is 0 Å². The average Bonchev–Trinajstić information content (AvgIpc) is 2.16. The predicted molar refractivity (Wildman–Crippen MR) is 58.6 cm³/mol. The van der Waals surface area contributed by atoms with Crippen LogP contribution in [0.2, 0.25) is 0 Å². The van der Waals surface area contributed by atoms with Crippen LogP contribution in [0.25, 0.3) is 0 Å². The summed E-state index contributed by atoms with van der Waals surface area (Å²) in [5, 5.41) is 0. The fourth-order valence-electron chi connectivity index (χ4n) is 1.79. The smallest absolute Gasteiger partial charge is 0.137 e. The van der Waals surface area contributed by atoms with Crippen molar-refractivity contribution >= 4 is 18.2 Å². The van der Waals surface area contributed by atoms with Gasteiger partial charge in [0, 0.05) is 19.4 Å². The molecule has 2 rings (SSSR count). The Balaban J connectivity index is 0.000000980. The lowest BCUT2D eigenvalue weighted by Crippen LogP contribution is -2.13. The number of rotatable bonds is 1. The summed E-state index contributed by atoms with van der Waals surface area (Å²) >= 11 is 0. The van der Waals surface area contributed by atoms with E-state index in [4.69, 9.17) is 5.73 Å². The molecule has 2 N–H and O–H groups in total. The van der Waals surface area contributed by atoms with Gasteiger partial charge in [-0.15, -0.1) is 12.4 Å². The van der Waals surface area contributed by atoms with Gasteiger partial charge >= 0.3 is 0 Å². The molecule has 14 heavy (non-hydrogen) atoms. The van der Waals surface area contributed by atoms with E-state index in [9.17, 15) is 4.79 Å². The zero-order valence-corrected chi connectivity index (χ0v) is 8.77. The van der Waals surface area contributed by atoms with Crippen LogP contribution in [0.3, 0.4) is 0 Å². The fraction of sp³-hybridized carbons (Fsp3) is 0.364. The Labute approximate surface area is 89.9 Å². The molecule has 0 amide bonds. The number of Topliss-reactive ketones (excluding diaryl/α,β-unsaturated/α-hetero) is 1. The topological polar surface area (TPSA) is 43.1 Å². The number of aryl methyl sites for hydroxylation is 1. The van der Waals surface area contributed by atoms with Gasteiger partial charge < -0.3 is 5.73 Å². The first kappa shape index (κ1) is 11.2. The van der Waals surface area contributed by atoms with E-state index in [2.05, 4.69) is 18.2 Å². The van der Waals surface area contributed by atoms with Crippen LogP contribution in [0.4, 0.5) is 0 Å². The summed E-state index contributed by atoms with van der Waals surface area (Å²) in [6.07, 6.45) is 2.21. The van der Waals surface area contributed by atoms with Crippen molar-refractivity contribution in [3.8, 4) is 0 Å². The van der Waals surface area contributed by atoms with Crippen molar-refractivity contribution in [1.29, 1.82) is 0 Å². The third-order valence-corrected chi connectivity index (χ3v) is 2.57. The highest BCUT2D eigenvalue weighted by Crippen LogP contribution is 2.20. The van der Waals surface area contributed by atoms with Crippen molar-refractivity contribution in [2.75, 3.05) is 0 Å². The van der Waals surface area contributed by atoms with E-state index in [0.29, 0.717) is 25.2 Å². The lowest BCUT2D eigenvalue weighted by Gasteiger charge is -2.15. The summed E-state index contributed by atoms with van der Waals surface area (Å²) in [6, 6.07) is 6.21. The number of benzene rings is 1. The van der Waals surface area contributed by atoms with Crippen LogP contribution in [0.5, 0.6) is 0 Å². The van der Waals surface area contributed by atoms with E-state index < -0.39 is 0 Å². The second-order valence-electron chi connectivity index (χ2n) is 3.52. The number of carbonyl (C=O) groups is 1. The summed E-state index contributed by atoms with van der Waals surface area (Å²) < 4.78 is 0. The maximum absolute atomic E-state index is 11.2. The molecule has 1 aliphatic carbocycles. The van der Waals surface area contributed by atoms with Crippen molar-refractivity contribution in [3.63, 3.8) is 0 Å². The third-order valence-electron chi connectivity index (χ3n) is 2.57. The standard InChI is InChI=1S/C11H13NO.ClH/c12-7-8-1-2-9-3-4-11(13)6-10(9)5-8;/h1-2,5H,3-4,6-7,12H2;1H. The number of hydrogen-bond acceptors (Lipinski definition) is 2. The monoisotopic (exact) mass is 211 g/mol. The molecule has 1 aliphatic rings. The molecule has 0 heterocycles. The predicted octanol–water partition coefficient (Wildman–Crippen LogP) is 1.62. The van der Waals surface area contributed by atoms with Gasteiger partial charge in [-0.1, -0.05) is 18.2 Å². The molecular weight excluding hydrogens is 198 g/mol. The van der Waals surface area contributed by atoms with Crippen LogP contribution >= 0.6 is 12.4 Å². The van der Waals surface area contributed by atoms with Crippen LogP contribution in [0, 0.1) is 0 Å². The van der Waals surface area contributed by atoms with Crippen molar-refractivity contribution in [2.45, 2.75) is 25.8 Å². The number of fused-ring (bicyclic) bond motifs is 1. The highest BCUT2D eigenvalue weighted by atomic mass is 35.5. The maximum atomic E-state index is 11.2. The van der Waals surface area contributed by atoms with E-state index in [1.54, 1.807) is 0 Å². The molecule has 0 aromatic heterocycles. The first-order chi connectivity index (χ1) is 6.29. The van der Waals surface area contributed by atoms with Gasteiger partial charge in [-0.25, -0.2) is 0 Å². The molecule has 1 aromatic carbocycles. The van der Waals surface area contributed by atoms with Crippen LogP contribution in [0.1, 0.15) is 23.1 Å². The summed E-state index contributed by atoms with van der Waals surface area (Å²) in [7, 11) is 0. The molecule has 0 fully saturated rings. The molecule has 3 heteroatoms. The fourth-order valence-corrected chi connectivity index (χ4v) is 1.79. The van der Waals surface area contributed by atoms with Gasteiger partial charge in [0.25, 0.3) is 0 Å². The zero-order valence-electron chi connectivity index (χ0n) is 7.95. The number of ketones is 1. The molecule has 1 aromatic rings. The van der Waals surface area contributed by atoms with Crippen LogP contribution < -0.4 is 5.73 Å². The Morgan fingerprint density at radius 1 is 1.21 bits per heavy atom. The Bertz CT molecular complexity index is 349. The average molecular weight is 212 g/mol. The SMILES string of the molecule is Cl.NCc1ccc2c(c1)CC(=O)CC2. The number of nitrogens with two attached hydrogens (primary N) is 1. The van der Waals surface area contributed by atoms with Gasteiger partial charge in [-0.2, -0.15) is 0 Å². The highest BCUT2D eigenvalue weighted by molar-refractivity contribution is 5.85. The Hall–Kier alpha value is -0.860. The number of halogens is 1. The number of hydrogen-bond donors (Lipinski definition) is 1. The Kier molecular flexibility index (Phi) is 3.67. The van der Waals surface area contributed by atoms with Crippen molar-refractivity contribution in [1.82, 2.24) is 0 Å². The van der Waals surface area contributed by atoms with Crippen LogP contribution in [-0.4, -0.2) is 5.78 Å². The molecule has 0 saturated carbocycles. The Morgan fingerprint density at radius 2 is 2.00 bits per heavy atom. The normalized spacial score (nSPS) is 14.5. The lowest BCUT2D eigenvalue weighted by molar-refractivity contribution is -0.118. The largest absolute Gasteiger partial charge is 0.326 e. The van der Waals surface area contributed by atoms with Crippen molar-refractivity contribution < 1.29 is 4.79 Å². The van der Waals surface area contributed by atoms with Crippen LogP contribution in [-0.2, 0) is 24.2 Å². The minimum atomic E-state index is 0.